The molecular formula is C33H62N2O4. The number of hydrogen-bond donors (Lipinski definition) is 2. The number of unbranched alkanes of at least 4 members (excludes halogenated alkanes) is 10. The van der Waals surface area contributed by atoms with Crippen molar-refractivity contribution >= 4 is 11.8 Å². The first-order valence-electron chi connectivity index (χ1n) is 15.8. The third kappa shape index (κ3) is 21.8. The maximum Gasteiger partial charge on any atom is 0.243 e. The predicted molar refractivity (Wildman–Crippen MR) is 165 cm³/mol. The van der Waals surface area contributed by atoms with Crippen molar-refractivity contribution in [2.45, 2.75) is 118 Å². The first-order valence-corrected chi connectivity index (χ1v) is 15.8. The largest absolute Gasteiger partial charge is 0.380 e. The van der Waals surface area contributed by atoms with E-state index in [1.165, 1.54) is 89.2 Å². The van der Waals surface area contributed by atoms with E-state index in [0.29, 0.717) is 39.5 Å². The van der Waals surface area contributed by atoms with Crippen molar-refractivity contribution in [3.8, 4) is 0 Å². The standard InChI is InChI=1S/C33H62N2O4/c1-7-11-13-15-17-19-21-33(22-20-18-16-14-12-8-2,27-38-25-29(5)23-34-31(36)9-3)28-39-26-30(6)24-35-32(37)10-4/h9-10,29-30H,3-4,7-8,11-28H2,1-2,5-6H3,(H,34,36)(H,35,37). The predicted octanol–water partition coefficient (Wildman–Crippen LogP) is 7.38. The second-order valence-electron chi connectivity index (χ2n) is 11.7. The number of hydrogen-bond acceptors (Lipinski definition) is 4. The highest BCUT2D eigenvalue weighted by atomic mass is 16.5. The third-order valence-corrected chi connectivity index (χ3v) is 7.36. The quantitative estimate of drug-likeness (QED) is 0.0787. The second-order valence-corrected chi connectivity index (χ2v) is 11.7. The summed E-state index contributed by atoms with van der Waals surface area (Å²) in [5.74, 6) is 0.163. The maximum absolute atomic E-state index is 11.5. The number of nitrogens with one attached hydrogen (secondary N) is 2. The molecule has 0 radical (unpaired) electrons. The Balaban J connectivity index is 5.17. The number of ether oxygens (including phenoxy) is 2. The molecule has 0 heterocycles. The van der Waals surface area contributed by atoms with Gasteiger partial charge in [-0.1, -0.05) is 118 Å². The van der Waals surface area contributed by atoms with Crippen LogP contribution >= 0.6 is 0 Å². The van der Waals surface area contributed by atoms with E-state index in [-0.39, 0.29) is 29.1 Å². The van der Waals surface area contributed by atoms with E-state index in [1.807, 2.05) is 0 Å². The van der Waals surface area contributed by atoms with Crippen molar-refractivity contribution in [1.82, 2.24) is 10.6 Å². The monoisotopic (exact) mass is 550 g/mol. The van der Waals surface area contributed by atoms with Gasteiger partial charge >= 0.3 is 0 Å². The molecule has 6 heteroatoms. The molecule has 0 rings (SSSR count). The van der Waals surface area contributed by atoms with Gasteiger partial charge in [-0.25, -0.2) is 0 Å². The van der Waals surface area contributed by atoms with Crippen molar-refractivity contribution in [3.63, 3.8) is 0 Å². The van der Waals surface area contributed by atoms with E-state index in [1.54, 1.807) is 0 Å². The number of rotatable bonds is 28. The van der Waals surface area contributed by atoms with Crippen molar-refractivity contribution in [3.05, 3.63) is 25.3 Å². The summed E-state index contributed by atoms with van der Waals surface area (Å²) in [4.78, 5) is 23.1. The number of amides is 2. The summed E-state index contributed by atoms with van der Waals surface area (Å²) in [6, 6.07) is 0. The Morgan fingerprint density at radius 1 is 0.667 bits per heavy atom. The summed E-state index contributed by atoms with van der Waals surface area (Å²) in [6.45, 7) is 19.5. The SMILES string of the molecule is C=CC(=O)NCC(C)COCC(CCCCCCCC)(CCCCCCCC)COCC(C)CNC(=O)C=C. The summed E-state index contributed by atoms with van der Waals surface area (Å²) < 4.78 is 12.7. The van der Waals surface area contributed by atoms with Crippen LogP contribution in [0.15, 0.2) is 25.3 Å². The molecule has 0 aromatic heterocycles. The van der Waals surface area contributed by atoms with Gasteiger partial charge in [0.05, 0.1) is 26.4 Å². The molecule has 0 saturated heterocycles. The van der Waals surface area contributed by atoms with E-state index in [4.69, 9.17) is 9.47 Å². The maximum atomic E-state index is 11.5. The molecule has 2 unspecified atom stereocenters. The summed E-state index contributed by atoms with van der Waals surface area (Å²) in [7, 11) is 0. The molecule has 2 amide bonds. The van der Waals surface area contributed by atoms with Gasteiger partial charge in [0.25, 0.3) is 0 Å². The van der Waals surface area contributed by atoms with E-state index < -0.39 is 0 Å². The fourth-order valence-corrected chi connectivity index (χ4v) is 4.78. The third-order valence-electron chi connectivity index (χ3n) is 7.36. The Bertz CT molecular complexity index is 583. The molecule has 2 atom stereocenters. The fraction of sp³-hybridized carbons (Fsp3) is 0.818. The minimum Gasteiger partial charge on any atom is -0.380 e. The lowest BCUT2D eigenvalue weighted by Crippen LogP contribution is -2.36. The molecule has 0 aliphatic heterocycles. The van der Waals surface area contributed by atoms with E-state index in [2.05, 4.69) is 51.5 Å². The average molecular weight is 551 g/mol. The molecule has 228 valence electrons. The zero-order valence-corrected chi connectivity index (χ0v) is 26.0. The molecular weight excluding hydrogens is 488 g/mol. The van der Waals surface area contributed by atoms with Gasteiger partial charge in [0.1, 0.15) is 0 Å². The van der Waals surface area contributed by atoms with Crippen LogP contribution in [0.2, 0.25) is 0 Å². The van der Waals surface area contributed by atoms with Crippen LogP contribution in [0, 0.1) is 17.3 Å². The molecule has 0 fully saturated rings. The Kier molecular flexibility index (Phi) is 24.2. The lowest BCUT2D eigenvalue weighted by molar-refractivity contribution is -0.117. The highest BCUT2D eigenvalue weighted by Crippen LogP contribution is 2.34. The van der Waals surface area contributed by atoms with Gasteiger partial charge in [0, 0.05) is 18.5 Å². The van der Waals surface area contributed by atoms with Crippen molar-refractivity contribution in [2.75, 3.05) is 39.5 Å². The smallest absolute Gasteiger partial charge is 0.243 e. The zero-order valence-electron chi connectivity index (χ0n) is 26.0. The van der Waals surface area contributed by atoms with Gasteiger partial charge in [0.15, 0.2) is 0 Å². The average Bonchev–Trinajstić information content (AvgIpc) is 2.93. The van der Waals surface area contributed by atoms with Gasteiger partial charge in [0.2, 0.25) is 11.8 Å². The van der Waals surface area contributed by atoms with Crippen LogP contribution < -0.4 is 10.6 Å². The van der Waals surface area contributed by atoms with Crippen molar-refractivity contribution < 1.29 is 19.1 Å². The van der Waals surface area contributed by atoms with Crippen molar-refractivity contribution in [2.24, 2.45) is 17.3 Å². The lowest BCUT2D eigenvalue weighted by Gasteiger charge is -2.35. The van der Waals surface area contributed by atoms with Crippen LogP contribution in [0.3, 0.4) is 0 Å². The Morgan fingerprint density at radius 3 is 1.38 bits per heavy atom. The first kappa shape index (κ1) is 37.3. The molecule has 0 aromatic carbocycles. The molecule has 6 nitrogen and oxygen atoms in total. The summed E-state index contributed by atoms with van der Waals surface area (Å²) in [5.41, 5.74) is -0.0102. The van der Waals surface area contributed by atoms with E-state index in [0.717, 1.165) is 12.8 Å². The van der Waals surface area contributed by atoms with Crippen LogP contribution in [0.4, 0.5) is 0 Å². The molecule has 0 aromatic rings. The summed E-state index contributed by atoms with van der Waals surface area (Å²) >= 11 is 0. The highest BCUT2D eigenvalue weighted by molar-refractivity contribution is 5.87. The Labute approximate surface area is 241 Å². The van der Waals surface area contributed by atoms with Crippen molar-refractivity contribution in [1.29, 1.82) is 0 Å². The topological polar surface area (TPSA) is 76.7 Å². The van der Waals surface area contributed by atoms with Gasteiger partial charge in [-0.3, -0.25) is 9.59 Å². The van der Waals surface area contributed by atoms with E-state index in [9.17, 15) is 9.59 Å². The van der Waals surface area contributed by atoms with Gasteiger partial charge in [-0.15, -0.1) is 0 Å². The number of carbonyl (C=O) groups excluding carboxylic acids is 2. The second kappa shape index (κ2) is 25.3. The van der Waals surface area contributed by atoms with Gasteiger partial charge in [-0.05, 0) is 36.8 Å². The Morgan fingerprint density at radius 2 is 1.03 bits per heavy atom. The molecule has 0 spiro atoms. The molecule has 2 N–H and O–H groups in total. The first-order chi connectivity index (χ1) is 18.8. The van der Waals surface area contributed by atoms with Crippen LogP contribution in [0.1, 0.15) is 118 Å². The molecule has 39 heavy (non-hydrogen) atoms. The van der Waals surface area contributed by atoms with Gasteiger partial charge in [-0.2, -0.15) is 0 Å². The summed E-state index contributed by atoms with van der Waals surface area (Å²) in [6.07, 6.45) is 20.1. The molecule has 0 saturated carbocycles. The zero-order chi connectivity index (χ0) is 29.2. The summed E-state index contributed by atoms with van der Waals surface area (Å²) in [5, 5.41) is 5.74. The van der Waals surface area contributed by atoms with Crippen LogP contribution in [0.5, 0.6) is 0 Å². The minimum atomic E-state index is -0.144. The molecule has 0 aliphatic rings. The lowest BCUT2D eigenvalue weighted by atomic mass is 9.79. The molecule has 0 bridgehead atoms. The highest BCUT2D eigenvalue weighted by Gasteiger charge is 2.31. The van der Waals surface area contributed by atoms with Crippen LogP contribution in [-0.2, 0) is 19.1 Å². The minimum absolute atomic E-state index is 0.0102. The van der Waals surface area contributed by atoms with Crippen LogP contribution in [0.25, 0.3) is 0 Å². The van der Waals surface area contributed by atoms with Crippen LogP contribution in [-0.4, -0.2) is 51.3 Å². The fourth-order valence-electron chi connectivity index (χ4n) is 4.78. The number of carbonyl (C=O) groups is 2. The van der Waals surface area contributed by atoms with Gasteiger partial charge < -0.3 is 20.1 Å². The normalized spacial score (nSPS) is 13.0. The Hall–Kier alpha value is -1.66. The molecule has 0 aliphatic carbocycles. The van der Waals surface area contributed by atoms with E-state index >= 15 is 0 Å².